The molecule has 0 amide bonds. The lowest BCUT2D eigenvalue weighted by atomic mass is 9.77. The van der Waals surface area contributed by atoms with Crippen molar-refractivity contribution < 1.29 is 5.11 Å². The van der Waals surface area contributed by atoms with E-state index in [1.165, 1.54) is 25.7 Å². The molecular weight excluding hydrogens is 160 g/mol. The van der Waals surface area contributed by atoms with Crippen LogP contribution in [0.5, 0.6) is 0 Å². The highest BCUT2D eigenvalue weighted by molar-refractivity contribution is 4.79. The molecular formula is C12H24O. The normalized spacial score (nSPS) is 34.2. The Labute approximate surface area is 82.5 Å². The Hall–Kier alpha value is -0.0400. The van der Waals surface area contributed by atoms with Crippen LogP contribution >= 0.6 is 0 Å². The van der Waals surface area contributed by atoms with Crippen LogP contribution in [-0.2, 0) is 0 Å². The van der Waals surface area contributed by atoms with Crippen molar-refractivity contribution in [1.29, 1.82) is 0 Å². The molecule has 0 aliphatic heterocycles. The van der Waals surface area contributed by atoms with E-state index < -0.39 is 5.60 Å². The van der Waals surface area contributed by atoms with Gasteiger partial charge < -0.3 is 5.11 Å². The van der Waals surface area contributed by atoms with Crippen LogP contribution in [0.15, 0.2) is 0 Å². The lowest BCUT2D eigenvalue weighted by Gasteiger charge is -2.32. The third kappa shape index (κ3) is 3.68. The quantitative estimate of drug-likeness (QED) is 0.713. The smallest absolute Gasteiger partial charge is 0.0619 e. The minimum absolute atomic E-state index is 0.415. The zero-order valence-corrected chi connectivity index (χ0v) is 9.34. The van der Waals surface area contributed by atoms with Gasteiger partial charge in [-0.2, -0.15) is 0 Å². The van der Waals surface area contributed by atoms with E-state index in [1.807, 2.05) is 6.92 Å². The average molecular weight is 184 g/mol. The third-order valence-corrected chi connectivity index (χ3v) is 3.54. The molecule has 1 saturated carbocycles. The Bertz CT molecular complexity index is 151. The zero-order valence-electron chi connectivity index (χ0n) is 9.34. The molecule has 0 aromatic heterocycles. The molecule has 1 rings (SSSR count). The van der Waals surface area contributed by atoms with Crippen molar-refractivity contribution in [2.45, 2.75) is 64.9 Å². The number of hydrogen-bond acceptors (Lipinski definition) is 1. The highest BCUT2D eigenvalue weighted by Crippen LogP contribution is 2.34. The van der Waals surface area contributed by atoms with Gasteiger partial charge in [-0.1, -0.05) is 33.1 Å². The molecule has 1 nitrogen and oxygen atoms in total. The van der Waals surface area contributed by atoms with Gasteiger partial charge in [0, 0.05) is 0 Å². The highest BCUT2D eigenvalue weighted by atomic mass is 16.3. The molecule has 78 valence electrons. The van der Waals surface area contributed by atoms with Crippen LogP contribution in [0.4, 0.5) is 0 Å². The minimum Gasteiger partial charge on any atom is -0.390 e. The van der Waals surface area contributed by atoms with Crippen LogP contribution in [0.2, 0.25) is 0 Å². The largest absolute Gasteiger partial charge is 0.390 e. The molecule has 1 fully saturated rings. The first-order chi connectivity index (χ1) is 6.03. The number of aliphatic hydroxyl groups is 1. The maximum atomic E-state index is 9.96. The van der Waals surface area contributed by atoms with E-state index in [0.29, 0.717) is 0 Å². The lowest BCUT2D eigenvalue weighted by Crippen LogP contribution is -2.28. The van der Waals surface area contributed by atoms with Crippen LogP contribution in [0.3, 0.4) is 0 Å². The molecule has 0 spiro atoms. The first-order valence-corrected chi connectivity index (χ1v) is 5.76. The summed E-state index contributed by atoms with van der Waals surface area (Å²) < 4.78 is 0. The van der Waals surface area contributed by atoms with Gasteiger partial charge in [-0.15, -0.1) is 0 Å². The van der Waals surface area contributed by atoms with E-state index in [9.17, 15) is 5.11 Å². The van der Waals surface area contributed by atoms with Crippen LogP contribution in [-0.4, -0.2) is 10.7 Å². The maximum absolute atomic E-state index is 9.96. The summed E-state index contributed by atoms with van der Waals surface area (Å²) in [6, 6.07) is 0. The van der Waals surface area contributed by atoms with Gasteiger partial charge in [-0.3, -0.25) is 0 Å². The second-order valence-corrected chi connectivity index (χ2v) is 5.19. The molecule has 3 unspecified atom stereocenters. The molecule has 13 heavy (non-hydrogen) atoms. The summed E-state index contributed by atoms with van der Waals surface area (Å²) in [6.07, 6.45) is 7.32. The summed E-state index contributed by atoms with van der Waals surface area (Å²) in [6.45, 7) is 6.39. The Kier molecular flexibility index (Phi) is 3.78. The Balaban J connectivity index is 2.35. The fourth-order valence-corrected chi connectivity index (χ4v) is 2.51. The van der Waals surface area contributed by atoms with Gasteiger partial charge in [0.2, 0.25) is 0 Å². The van der Waals surface area contributed by atoms with Crippen LogP contribution < -0.4 is 0 Å². The second-order valence-electron chi connectivity index (χ2n) is 5.19. The predicted molar refractivity (Wildman–Crippen MR) is 56.7 cm³/mol. The van der Waals surface area contributed by atoms with Crippen molar-refractivity contribution in [3.05, 3.63) is 0 Å². The Morgan fingerprint density at radius 1 is 1.38 bits per heavy atom. The van der Waals surface area contributed by atoms with Crippen LogP contribution in [0, 0.1) is 11.8 Å². The van der Waals surface area contributed by atoms with Gasteiger partial charge in [-0.25, -0.2) is 0 Å². The first-order valence-electron chi connectivity index (χ1n) is 5.76. The molecule has 0 aromatic rings. The molecule has 0 aromatic carbocycles. The van der Waals surface area contributed by atoms with Gasteiger partial charge in [-0.05, 0) is 38.0 Å². The summed E-state index contributed by atoms with van der Waals surface area (Å²) in [5.41, 5.74) is -0.415. The third-order valence-electron chi connectivity index (χ3n) is 3.54. The standard InChI is InChI=1S/C12H24O/c1-4-12(3,13)9-11-7-5-6-10(2)8-11/h10-11,13H,4-9H2,1-3H3. The van der Waals surface area contributed by atoms with Crippen molar-refractivity contribution in [3.8, 4) is 0 Å². The number of hydrogen-bond donors (Lipinski definition) is 1. The molecule has 3 atom stereocenters. The van der Waals surface area contributed by atoms with Gasteiger partial charge in [0.05, 0.1) is 5.60 Å². The van der Waals surface area contributed by atoms with Gasteiger partial charge in [0.15, 0.2) is 0 Å². The number of rotatable bonds is 3. The SMILES string of the molecule is CCC(C)(O)CC1CCCC(C)C1. The van der Waals surface area contributed by atoms with Crippen LogP contribution in [0.25, 0.3) is 0 Å². The molecule has 1 heteroatoms. The van der Waals surface area contributed by atoms with Crippen molar-refractivity contribution in [3.63, 3.8) is 0 Å². The molecule has 1 aliphatic carbocycles. The zero-order chi connectivity index (χ0) is 9.90. The second kappa shape index (κ2) is 4.45. The Morgan fingerprint density at radius 3 is 2.62 bits per heavy atom. The predicted octanol–water partition coefficient (Wildman–Crippen LogP) is 3.36. The van der Waals surface area contributed by atoms with Crippen molar-refractivity contribution in [2.75, 3.05) is 0 Å². The fourth-order valence-electron chi connectivity index (χ4n) is 2.51. The highest BCUT2D eigenvalue weighted by Gasteiger charge is 2.26. The fraction of sp³-hybridized carbons (Fsp3) is 1.00. The molecule has 0 heterocycles. The van der Waals surface area contributed by atoms with E-state index in [4.69, 9.17) is 0 Å². The molecule has 0 bridgehead atoms. The average Bonchev–Trinajstić information content (AvgIpc) is 2.03. The van der Waals surface area contributed by atoms with Crippen molar-refractivity contribution in [1.82, 2.24) is 0 Å². The monoisotopic (exact) mass is 184 g/mol. The van der Waals surface area contributed by atoms with Crippen LogP contribution in [0.1, 0.15) is 59.3 Å². The van der Waals surface area contributed by atoms with Gasteiger partial charge in [0.1, 0.15) is 0 Å². The summed E-state index contributed by atoms with van der Waals surface area (Å²) in [5.74, 6) is 1.66. The first kappa shape index (κ1) is 11.0. The van der Waals surface area contributed by atoms with Crippen molar-refractivity contribution in [2.24, 2.45) is 11.8 Å². The van der Waals surface area contributed by atoms with E-state index >= 15 is 0 Å². The lowest BCUT2D eigenvalue weighted by molar-refractivity contribution is 0.0206. The molecule has 1 aliphatic rings. The summed E-state index contributed by atoms with van der Waals surface area (Å²) in [7, 11) is 0. The maximum Gasteiger partial charge on any atom is 0.0619 e. The summed E-state index contributed by atoms with van der Waals surface area (Å²) in [4.78, 5) is 0. The van der Waals surface area contributed by atoms with Gasteiger partial charge >= 0.3 is 0 Å². The van der Waals surface area contributed by atoms with Crippen molar-refractivity contribution >= 4 is 0 Å². The van der Waals surface area contributed by atoms with E-state index in [-0.39, 0.29) is 0 Å². The van der Waals surface area contributed by atoms with E-state index in [1.54, 1.807) is 0 Å². The van der Waals surface area contributed by atoms with E-state index in [0.717, 1.165) is 24.7 Å². The topological polar surface area (TPSA) is 20.2 Å². The van der Waals surface area contributed by atoms with E-state index in [2.05, 4.69) is 13.8 Å². The Morgan fingerprint density at radius 2 is 2.08 bits per heavy atom. The molecule has 0 radical (unpaired) electrons. The summed E-state index contributed by atoms with van der Waals surface area (Å²) >= 11 is 0. The minimum atomic E-state index is -0.415. The summed E-state index contributed by atoms with van der Waals surface area (Å²) in [5, 5.41) is 9.96. The molecule has 0 saturated heterocycles. The van der Waals surface area contributed by atoms with Gasteiger partial charge in [0.25, 0.3) is 0 Å². The molecule has 1 N–H and O–H groups in total.